The lowest BCUT2D eigenvalue weighted by atomic mass is 9.81. The van der Waals surface area contributed by atoms with Gasteiger partial charge in [0, 0.05) is 22.4 Å². The van der Waals surface area contributed by atoms with E-state index in [1.165, 1.54) is 6.07 Å². The third-order valence-electron chi connectivity index (χ3n) is 5.67. The van der Waals surface area contributed by atoms with E-state index in [1.807, 2.05) is 80.6 Å². The van der Waals surface area contributed by atoms with Crippen LogP contribution >= 0.6 is 0 Å². The van der Waals surface area contributed by atoms with Crippen molar-refractivity contribution in [2.24, 2.45) is 0 Å². The Kier molecular flexibility index (Phi) is 8.02. The second-order valence-electron chi connectivity index (χ2n) is 8.75. The number of benzene rings is 2. The first-order valence-corrected chi connectivity index (χ1v) is 10.9. The second-order valence-corrected chi connectivity index (χ2v) is 8.75. The molecule has 4 nitrogen and oxygen atoms in total. The van der Waals surface area contributed by atoms with Gasteiger partial charge < -0.3 is 0 Å². The fourth-order valence-electron chi connectivity index (χ4n) is 4.05. The molecule has 1 aromatic heterocycles. The predicted molar refractivity (Wildman–Crippen MR) is 126 cm³/mol. The minimum Gasteiger partial charge on any atom is -0.298 e. The molecule has 188 valence electrons. The summed E-state index contributed by atoms with van der Waals surface area (Å²) in [5.74, 6) is -0.148. The van der Waals surface area contributed by atoms with Crippen molar-refractivity contribution >= 4 is 17.9 Å². The predicted octanol–water partition coefficient (Wildman–Crippen LogP) is 7.53. The molecule has 1 amide bonds. The number of pyridine rings is 1. The van der Waals surface area contributed by atoms with E-state index in [0.717, 1.165) is 17.3 Å². The summed E-state index contributed by atoms with van der Waals surface area (Å²) in [6, 6.07) is 22.7. The molecule has 0 radical (unpaired) electrons. The standard InChI is InChI=1S/C26H23F3N2O.CF2O/c1-25(2,22-14-9-15-23(30-22)26(27,28)29)17-19-16-21(18-10-5-3-6-11-18)31(24(19)32)20-12-7-4-8-13-20;2-1(3)4/h3-16,21H,17H2,1-2H3;. The normalized spacial score (nSPS) is 15.8. The Labute approximate surface area is 205 Å². The Morgan fingerprint density at radius 3 is 1.94 bits per heavy atom. The number of alkyl halides is 3. The smallest absolute Gasteiger partial charge is 0.298 e. The van der Waals surface area contributed by atoms with Crippen molar-refractivity contribution in [3.8, 4) is 0 Å². The number of nitrogens with zero attached hydrogens (tertiary/aromatic N) is 2. The van der Waals surface area contributed by atoms with Gasteiger partial charge in [-0.25, -0.2) is 9.78 Å². The molecule has 1 unspecified atom stereocenters. The van der Waals surface area contributed by atoms with Gasteiger partial charge in [0.25, 0.3) is 5.91 Å². The van der Waals surface area contributed by atoms with E-state index in [9.17, 15) is 26.7 Å². The van der Waals surface area contributed by atoms with Crippen molar-refractivity contribution in [3.63, 3.8) is 0 Å². The van der Waals surface area contributed by atoms with Gasteiger partial charge in [-0.3, -0.25) is 9.69 Å². The topological polar surface area (TPSA) is 50.3 Å². The van der Waals surface area contributed by atoms with Crippen LogP contribution in [0, 0.1) is 0 Å². The van der Waals surface area contributed by atoms with E-state index < -0.39 is 23.6 Å². The zero-order valence-corrected chi connectivity index (χ0v) is 19.5. The van der Waals surface area contributed by atoms with Gasteiger partial charge in [-0.2, -0.15) is 13.2 Å². The summed E-state index contributed by atoms with van der Waals surface area (Å²) in [5.41, 5.74) is 0.906. The maximum absolute atomic E-state index is 13.5. The summed E-state index contributed by atoms with van der Waals surface area (Å²) in [6.45, 7) is 3.62. The Morgan fingerprint density at radius 2 is 1.39 bits per heavy atom. The molecule has 0 N–H and O–H groups in total. The fourth-order valence-corrected chi connectivity index (χ4v) is 4.05. The maximum atomic E-state index is 13.5. The maximum Gasteiger partial charge on any atom is 0.483 e. The molecule has 0 fully saturated rings. The van der Waals surface area contributed by atoms with E-state index in [4.69, 9.17) is 4.79 Å². The zero-order valence-electron chi connectivity index (χ0n) is 19.5. The summed E-state index contributed by atoms with van der Waals surface area (Å²) >= 11 is 0. The van der Waals surface area contributed by atoms with Crippen molar-refractivity contribution < 1.29 is 31.5 Å². The van der Waals surface area contributed by atoms with Crippen LogP contribution in [-0.4, -0.2) is 17.2 Å². The molecule has 0 bridgehead atoms. The molecule has 1 aliphatic heterocycles. The Morgan fingerprint density at radius 1 is 0.861 bits per heavy atom. The van der Waals surface area contributed by atoms with Gasteiger partial charge in [0.05, 0.1) is 6.04 Å². The van der Waals surface area contributed by atoms with Crippen LogP contribution in [-0.2, 0) is 16.4 Å². The summed E-state index contributed by atoms with van der Waals surface area (Å²) in [4.78, 5) is 27.2. The van der Waals surface area contributed by atoms with Gasteiger partial charge in [-0.1, -0.05) is 68.4 Å². The quantitative estimate of drug-likeness (QED) is 0.268. The fraction of sp³-hybridized carbons (Fsp3) is 0.222. The number of carbonyl (C=O) groups is 2. The minimum absolute atomic E-state index is 0.148. The Bertz CT molecular complexity index is 1240. The number of anilines is 1. The van der Waals surface area contributed by atoms with Crippen LogP contribution in [0.4, 0.5) is 32.4 Å². The molecule has 9 heteroatoms. The number of rotatable bonds is 5. The van der Waals surface area contributed by atoms with Crippen molar-refractivity contribution in [3.05, 3.63) is 107 Å². The molecular formula is C27H23F5N2O2. The molecule has 0 aliphatic carbocycles. The van der Waals surface area contributed by atoms with Gasteiger partial charge in [0.15, 0.2) is 0 Å². The number of halogens is 5. The first kappa shape index (κ1) is 26.7. The van der Waals surface area contributed by atoms with Crippen molar-refractivity contribution in [1.82, 2.24) is 4.98 Å². The monoisotopic (exact) mass is 502 g/mol. The van der Waals surface area contributed by atoms with Crippen LogP contribution in [0.3, 0.4) is 0 Å². The second kappa shape index (κ2) is 10.8. The van der Waals surface area contributed by atoms with Crippen LogP contribution in [0.5, 0.6) is 0 Å². The lowest BCUT2D eigenvalue weighted by Crippen LogP contribution is -2.31. The van der Waals surface area contributed by atoms with Crippen molar-refractivity contribution in [1.29, 1.82) is 0 Å². The van der Waals surface area contributed by atoms with Gasteiger partial charge >= 0.3 is 12.5 Å². The van der Waals surface area contributed by atoms with Gasteiger partial charge in [0.1, 0.15) is 5.69 Å². The largest absolute Gasteiger partial charge is 0.483 e. The number of para-hydroxylation sites is 1. The first-order valence-electron chi connectivity index (χ1n) is 10.9. The van der Waals surface area contributed by atoms with E-state index in [-0.39, 0.29) is 18.4 Å². The first-order chi connectivity index (χ1) is 16.9. The number of hydrogen-bond donors (Lipinski definition) is 0. The van der Waals surface area contributed by atoms with Gasteiger partial charge in [0.2, 0.25) is 0 Å². The lowest BCUT2D eigenvalue weighted by Gasteiger charge is -2.27. The van der Waals surface area contributed by atoms with E-state index in [2.05, 4.69) is 4.98 Å². The Hall–Kier alpha value is -3.88. The molecule has 1 aliphatic rings. The summed E-state index contributed by atoms with van der Waals surface area (Å²) < 4.78 is 58.9. The number of carbonyl (C=O) groups excluding carboxylic acids is 2. The zero-order chi connectivity index (χ0) is 26.5. The van der Waals surface area contributed by atoms with Crippen LogP contribution in [0.1, 0.15) is 43.3 Å². The highest BCUT2D eigenvalue weighted by molar-refractivity contribution is 6.09. The molecule has 0 saturated heterocycles. The molecule has 1 atom stereocenters. The van der Waals surface area contributed by atoms with Crippen LogP contribution in [0.15, 0.2) is 90.5 Å². The van der Waals surface area contributed by atoms with E-state index in [0.29, 0.717) is 11.3 Å². The Balaban J connectivity index is 0.000000840. The molecule has 2 aromatic carbocycles. The van der Waals surface area contributed by atoms with E-state index >= 15 is 0 Å². The molecular weight excluding hydrogens is 479 g/mol. The molecule has 0 saturated carbocycles. The number of hydrogen-bond acceptors (Lipinski definition) is 3. The highest BCUT2D eigenvalue weighted by Gasteiger charge is 2.38. The third kappa shape index (κ3) is 6.41. The summed E-state index contributed by atoms with van der Waals surface area (Å²) in [5, 5.41) is 0. The SMILES string of the molecule is CC(C)(CC1=CC(c2ccccc2)N(c2ccccc2)C1=O)c1cccc(C(F)(F)F)n1.O=C(F)F. The molecule has 2 heterocycles. The highest BCUT2D eigenvalue weighted by Crippen LogP contribution is 2.40. The van der Waals surface area contributed by atoms with Crippen LogP contribution in [0.2, 0.25) is 0 Å². The number of aromatic nitrogens is 1. The highest BCUT2D eigenvalue weighted by atomic mass is 19.4. The molecule has 3 aromatic rings. The number of amides is 1. The average molecular weight is 502 g/mol. The van der Waals surface area contributed by atoms with Crippen LogP contribution < -0.4 is 4.90 Å². The lowest BCUT2D eigenvalue weighted by molar-refractivity contribution is -0.141. The summed E-state index contributed by atoms with van der Waals surface area (Å²) in [6.07, 6.45) is -5.16. The molecule has 36 heavy (non-hydrogen) atoms. The average Bonchev–Trinajstić information content (AvgIpc) is 3.14. The van der Waals surface area contributed by atoms with Gasteiger partial charge in [-0.15, -0.1) is 8.78 Å². The molecule has 4 rings (SSSR count). The van der Waals surface area contributed by atoms with Crippen LogP contribution in [0.25, 0.3) is 0 Å². The van der Waals surface area contributed by atoms with Crippen molar-refractivity contribution in [2.45, 2.75) is 37.9 Å². The molecule has 0 spiro atoms. The third-order valence-corrected chi connectivity index (χ3v) is 5.67. The summed E-state index contributed by atoms with van der Waals surface area (Å²) in [7, 11) is 0. The van der Waals surface area contributed by atoms with E-state index in [1.54, 1.807) is 11.0 Å². The minimum atomic E-state index is -4.52. The van der Waals surface area contributed by atoms with Crippen molar-refractivity contribution in [2.75, 3.05) is 4.90 Å². The van der Waals surface area contributed by atoms with Gasteiger partial charge in [-0.05, 0) is 42.3 Å².